The van der Waals surface area contributed by atoms with Gasteiger partial charge in [0.25, 0.3) is 0 Å². The van der Waals surface area contributed by atoms with Crippen LogP contribution < -0.4 is 0 Å². The highest BCUT2D eigenvalue weighted by Gasteiger charge is 2.23. The summed E-state index contributed by atoms with van der Waals surface area (Å²) in [6, 6.07) is 13.3. The Hall–Kier alpha value is -3.33. The van der Waals surface area contributed by atoms with Gasteiger partial charge >= 0.3 is 0 Å². The molecule has 0 amide bonds. The highest BCUT2D eigenvalue weighted by atomic mass is 19.1. The van der Waals surface area contributed by atoms with Crippen LogP contribution >= 0.6 is 0 Å². The van der Waals surface area contributed by atoms with E-state index in [-0.39, 0.29) is 11.5 Å². The van der Waals surface area contributed by atoms with Crippen molar-refractivity contribution in [3.63, 3.8) is 0 Å². The Labute approximate surface area is 144 Å². The summed E-state index contributed by atoms with van der Waals surface area (Å²) >= 11 is 0. The first-order valence-electron chi connectivity index (χ1n) is 7.68. The van der Waals surface area contributed by atoms with Gasteiger partial charge in [-0.25, -0.2) is 9.07 Å². The second kappa shape index (κ2) is 6.65. The zero-order valence-electron chi connectivity index (χ0n) is 13.8. The van der Waals surface area contributed by atoms with Crippen LogP contribution in [0.3, 0.4) is 0 Å². The number of benzene rings is 1. The Balaban J connectivity index is 1.88. The molecule has 0 aliphatic carbocycles. The smallest absolute Gasteiger partial charge is 0.186 e. The number of Topliss-reactive ketones (excluding diaryl/α,β-unsaturated/α-hetero) is 1. The maximum absolute atomic E-state index is 13.0. The number of halogens is 1. The van der Waals surface area contributed by atoms with Gasteiger partial charge in [0.1, 0.15) is 5.82 Å². The van der Waals surface area contributed by atoms with Crippen molar-refractivity contribution in [1.82, 2.24) is 14.8 Å². The van der Waals surface area contributed by atoms with E-state index in [4.69, 9.17) is 0 Å². The molecular formula is C19H15FN4O. The molecule has 0 saturated carbocycles. The second-order valence-corrected chi connectivity index (χ2v) is 5.71. The lowest BCUT2D eigenvalue weighted by molar-refractivity contribution is 0.0977. The van der Waals surface area contributed by atoms with Gasteiger partial charge in [-0.2, -0.15) is 10.4 Å². The normalized spacial score (nSPS) is 11.8. The summed E-state index contributed by atoms with van der Waals surface area (Å²) in [5.74, 6) is -1.95. The van der Waals surface area contributed by atoms with Gasteiger partial charge in [-0.3, -0.25) is 9.78 Å². The predicted octanol–water partition coefficient (Wildman–Crippen LogP) is 3.51. The Morgan fingerprint density at radius 3 is 2.44 bits per heavy atom. The topological polar surface area (TPSA) is 71.6 Å². The molecule has 0 aliphatic rings. The van der Waals surface area contributed by atoms with Crippen molar-refractivity contribution in [3.05, 3.63) is 77.1 Å². The van der Waals surface area contributed by atoms with Crippen molar-refractivity contribution < 1.29 is 9.18 Å². The molecule has 3 aromatic rings. The van der Waals surface area contributed by atoms with Crippen LogP contribution in [0.15, 0.2) is 48.7 Å². The van der Waals surface area contributed by atoms with E-state index in [0.29, 0.717) is 5.56 Å². The fourth-order valence-electron chi connectivity index (χ4n) is 2.64. The van der Waals surface area contributed by atoms with Crippen LogP contribution in [0.4, 0.5) is 4.39 Å². The first kappa shape index (κ1) is 16.5. The number of aromatic nitrogens is 3. The first-order valence-corrected chi connectivity index (χ1v) is 7.68. The van der Waals surface area contributed by atoms with E-state index >= 15 is 0 Å². The molecule has 2 heterocycles. The Bertz CT molecular complexity index is 953. The quantitative estimate of drug-likeness (QED) is 0.685. The van der Waals surface area contributed by atoms with E-state index in [1.54, 1.807) is 28.9 Å². The van der Waals surface area contributed by atoms with Crippen molar-refractivity contribution in [3.8, 4) is 11.8 Å². The molecule has 0 radical (unpaired) electrons. The van der Waals surface area contributed by atoms with Gasteiger partial charge < -0.3 is 0 Å². The molecule has 0 aliphatic heterocycles. The van der Waals surface area contributed by atoms with Gasteiger partial charge in [-0.15, -0.1) is 0 Å². The minimum absolute atomic E-state index is 0.233. The third-order valence-electron chi connectivity index (χ3n) is 3.84. The number of pyridine rings is 1. The molecule has 0 saturated heterocycles. The minimum Gasteiger partial charge on any atom is -0.292 e. The van der Waals surface area contributed by atoms with Crippen molar-refractivity contribution in [1.29, 1.82) is 5.26 Å². The van der Waals surface area contributed by atoms with Gasteiger partial charge in [0.15, 0.2) is 11.7 Å². The van der Waals surface area contributed by atoms with Crippen molar-refractivity contribution in [2.45, 2.75) is 19.8 Å². The summed E-state index contributed by atoms with van der Waals surface area (Å²) in [5, 5.41) is 13.7. The lowest BCUT2D eigenvalue weighted by atomic mass is 9.95. The van der Waals surface area contributed by atoms with E-state index in [9.17, 15) is 14.4 Å². The number of nitriles is 1. The van der Waals surface area contributed by atoms with Crippen LogP contribution in [0, 0.1) is 31.0 Å². The molecule has 0 fully saturated rings. The molecule has 5 nitrogen and oxygen atoms in total. The van der Waals surface area contributed by atoms with Crippen molar-refractivity contribution in [2.24, 2.45) is 0 Å². The van der Waals surface area contributed by atoms with Crippen LogP contribution in [-0.4, -0.2) is 20.5 Å². The lowest BCUT2D eigenvalue weighted by Crippen LogP contribution is -2.13. The summed E-state index contributed by atoms with van der Waals surface area (Å²) in [6.45, 7) is 3.86. The Morgan fingerprint density at radius 1 is 1.20 bits per heavy atom. The minimum atomic E-state index is -1.07. The van der Waals surface area contributed by atoms with E-state index in [1.807, 2.05) is 26.0 Å². The molecule has 6 heteroatoms. The van der Waals surface area contributed by atoms with Crippen LogP contribution in [0.2, 0.25) is 0 Å². The number of carbonyl (C=O) groups excluding carboxylic acids is 1. The van der Waals surface area contributed by atoms with Crippen molar-refractivity contribution in [2.75, 3.05) is 0 Å². The number of hydrogen-bond acceptors (Lipinski definition) is 4. The third kappa shape index (κ3) is 3.31. The maximum atomic E-state index is 13.0. The zero-order valence-corrected chi connectivity index (χ0v) is 13.8. The SMILES string of the molecule is Cc1cc(C)n(-c2ccc(C(=O)C(C#N)c3ccc(F)cn3)cc2)n1. The lowest BCUT2D eigenvalue weighted by Gasteiger charge is -2.09. The van der Waals surface area contributed by atoms with Crippen LogP contribution in [-0.2, 0) is 0 Å². The molecule has 0 N–H and O–H groups in total. The van der Waals surface area contributed by atoms with Crippen molar-refractivity contribution >= 4 is 5.78 Å². The standard InChI is InChI=1S/C19H15FN4O/c1-12-9-13(2)24(23-12)16-6-3-14(4-7-16)19(25)17(10-21)18-8-5-15(20)11-22-18/h3-9,11,17H,1-2H3. The van der Waals surface area contributed by atoms with E-state index < -0.39 is 11.7 Å². The van der Waals surface area contributed by atoms with Gasteiger partial charge in [-0.1, -0.05) is 0 Å². The number of ketones is 1. The molecule has 0 spiro atoms. The Morgan fingerprint density at radius 2 is 1.92 bits per heavy atom. The molecular weight excluding hydrogens is 319 g/mol. The van der Waals surface area contributed by atoms with Gasteiger partial charge in [0, 0.05) is 11.3 Å². The zero-order chi connectivity index (χ0) is 18.0. The average Bonchev–Trinajstić information content (AvgIpc) is 2.95. The molecule has 1 unspecified atom stereocenters. The Kier molecular flexibility index (Phi) is 4.40. The molecule has 124 valence electrons. The van der Waals surface area contributed by atoms with E-state index in [0.717, 1.165) is 23.3 Å². The summed E-state index contributed by atoms with van der Waals surface area (Å²) in [4.78, 5) is 16.4. The predicted molar refractivity (Wildman–Crippen MR) is 89.9 cm³/mol. The number of carbonyl (C=O) groups is 1. The monoisotopic (exact) mass is 334 g/mol. The molecule has 1 aromatic carbocycles. The maximum Gasteiger partial charge on any atom is 0.186 e. The first-order chi connectivity index (χ1) is 12.0. The van der Waals surface area contributed by atoms with Crippen LogP contribution in [0.5, 0.6) is 0 Å². The largest absolute Gasteiger partial charge is 0.292 e. The summed E-state index contributed by atoms with van der Waals surface area (Å²) < 4.78 is 14.8. The average molecular weight is 334 g/mol. The summed E-state index contributed by atoms with van der Waals surface area (Å²) in [7, 11) is 0. The molecule has 1 atom stereocenters. The fraction of sp³-hybridized carbons (Fsp3) is 0.158. The van der Waals surface area contributed by atoms with Gasteiger partial charge in [0.05, 0.1) is 29.3 Å². The summed E-state index contributed by atoms with van der Waals surface area (Å²) in [5.41, 5.74) is 3.35. The van der Waals surface area contributed by atoms with E-state index in [2.05, 4.69) is 10.1 Å². The number of aryl methyl sites for hydroxylation is 2. The van der Waals surface area contributed by atoms with Gasteiger partial charge in [0.2, 0.25) is 0 Å². The summed E-state index contributed by atoms with van der Waals surface area (Å²) in [6.07, 6.45) is 0.999. The van der Waals surface area contributed by atoms with Gasteiger partial charge in [-0.05, 0) is 56.3 Å². The van der Waals surface area contributed by atoms with Crippen LogP contribution in [0.25, 0.3) is 5.69 Å². The van der Waals surface area contributed by atoms with Crippen LogP contribution in [0.1, 0.15) is 33.4 Å². The fourth-order valence-corrected chi connectivity index (χ4v) is 2.64. The molecule has 25 heavy (non-hydrogen) atoms. The van der Waals surface area contributed by atoms with E-state index in [1.165, 1.54) is 12.1 Å². The molecule has 2 aromatic heterocycles. The third-order valence-corrected chi connectivity index (χ3v) is 3.84. The highest BCUT2D eigenvalue weighted by molar-refractivity contribution is 6.02. The number of rotatable bonds is 4. The highest BCUT2D eigenvalue weighted by Crippen LogP contribution is 2.20. The number of hydrogen-bond donors (Lipinski definition) is 0. The second-order valence-electron chi connectivity index (χ2n) is 5.71. The molecule has 0 bridgehead atoms. The number of nitrogens with zero attached hydrogens (tertiary/aromatic N) is 4. The molecule has 3 rings (SSSR count).